The molecule has 0 heterocycles. The Labute approximate surface area is 72.4 Å². The standard InChI is InChI=1S/C11H23/c1-9(2)8-11(6,7)10(3,4)5/h9H,3,8H2,1-2,4-7H3. The monoisotopic (exact) mass is 155 g/mol. The zero-order valence-electron chi connectivity index (χ0n) is 8.99. The molecule has 1 radical (unpaired) electrons. The fourth-order valence-electron chi connectivity index (χ4n) is 1.30. The summed E-state index contributed by atoms with van der Waals surface area (Å²) < 4.78 is 0. The summed E-state index contributed by atoms with van der Waals surface area (Å²) in [6.45, 7) is 17.8. The number of hydrogen-bond donors (Lipinski definition) is 0. The third-order valence-corrected chi connectivity index (χ3v) is 2.75. The Morgan fingerprint density at radius 3 is 1.55 bits per heavy atom. The van der Waals surface area contributed by atoms with Gasteiger partial charge >= 0.3 is 0 Å². The van der Waals surface area contributed by atoms with Gasteiger partial charge in [0.05, 0.1) is 0 Å². The second-order valence-electron chi connectivity index (χ2n) is 5.37. The van der Waals surface area contributed by atoms with Gasteiger partial charge < -0.3 is 0 Å². The molecule has 0 bridgehead atoms. The van der Waals surface area contributed by atoms with Gasteiger partial charge in [0, 0.05) is 0 Å². The molecule has 0 heteroatoms. The normalized spacial score (nSPS) is 14.2. The lowest BCUT2D eigenvalue weighted by Gasteiger charge is -2.40. The zero-order chi connectivity index (χ0) is 9.28. The van der Waals surface area contributed by atoms with Crippen molar-refractivity contribution in [1.29, 1.82) is 0 Å². The Bertz CT molecular complexity index is 112. The van der Waals surface area contributed by atoms with Crippen molar-refractivity contribution in [1.82, 2.24) is 0 Å². The molecule has 0 N–H and O–H groups in total. The average molecular weight is 155 g/mol. The van der Waals surface area contributed by atoms with Crippen LogP contribution in [0.3, 0.4) is 0 Å². The molecule has 0 nitrogen and oxygen atoms in total. The SMILES string of the molecule is [CH2]C(C)(C)C(C)(C)CC(C)C. The summed E-state index contributed by atoms with van der Waals surface area (Å²) >= 11 is 0. The molecule has 0 atom stereocenters. The van der Waals surface area contributed by atoms with E-state index in [4.69, 9.17) is 0 Å². The van der Waals surface area contributed by atoms with Crippen molar-refractivity contribution < 1.29 is 0 Å². The summed E-state index contributed by atoms with van der Waals surface area (Å²) in [5, 5.41) is 0. The van der Waals surface area contributed by atoms with E-state index in [1.54, 1.807) is 0 Å². The van der Waals surface area contributed by atoms with Gasteiger partial charge in [-0.2, -0.15) is 0 Å². The van der Waals surface area contributed by atoms with E-state index in [2.05, 4.69) is 48.5 Å². The maximum atomic E-state index is 4.20. The van der Waals surface area contributed by atoms with E-state index in [-0.39, 0.29) is 5.41 Å². The van der Waals surface area contributed by atoms with Gasteiger partial charge in [0.2, 0.25) is 0 Å². The molecule has 0 spiro atoms. The van der Waals surface area contributed by atoms with Gasteiger partial charge in [-0.25, -0.2) is 0 Å². The largest absolute Gasteiger partial charge is 0.0628 e. The fraction of sp³-hybridized carbons (Fsp3) is 0.909. The zero-order valence-corrected chi connectivity index (χ0v) is 8.99. The van der Waals surface area contributed by atoms with Crippen LogP contribution in [-0.4, -0.2) is 0 Å². The van der Waals surface area contributed by atoms with E-state index in [9.17, 15) is 0 Å². The van der Waals surface area contributed by atoms with Crippen LogP contribution in [0.5, 0.6) is 0 Å². The van der Waals surface area contributed by atoms with E-state index in [0.29, 0.717) is 5.41 Å². The summed E-state index contributed by atoms with van der Waals surface area (Å²) in [7, 11) is 0. The Balaban J connectivity index is 4.22. The molecule has 0 aromatic rings. The Kier molecular flexibility index (Phi) is 3.16. The molecule has 11 heavy (non-hydrogen) atoms. The highest BCUT2D eigenvalue weighted by atomic mass is 14.4. The van der Waals surface area contributed by atoms with Gasteiger partial charge in [0.25, 0.3) is 0 Å². The third kappa shape index (κ3) is 3.27. The fourth-order valence-corrected chi connectivity index (χ4v) is 1.30. The molecule has 0 fully saturated rings. The molecular formula is C11H23. The van der Waals surface area contributed by atoms with Crippen molar-refractivity contribution in [3.05, 3.63) is 6.92 Å². The summed E-state index contributed by atoms with van der Waals surface area (Å²) in [6.07, 6.45) is 1.25. The summed E-state index contributed by atoms with van der Waals surface area (Å²) in [4.78, 5) is 0. The minimum absolute atomic E-state index is 0.178. The van der Waals surface area contributed by atoms with Crippen LogP contribution >= 0.6 is 0 Å². The molecule has 0 aliphatic heterocycles. The van der Waals surface area contributed by atoms with E-state index >= 15 is 0 Å². The lowest BCUT2D eigenvalue weighted by molar-refractivity contribution is 0.128. The number of rotatable bonds is 3. The Morgan fingerprint density at radius 2 is 1.45 bits per heavy atom. The minimum Gasteiger partial charge on any atom is -0.0628 e. The third-order valence-electron chi connectivity index (χ3n) is 2.75. The predicted molar refractivity (Wildman–Crippen MR) is 52.4 cm³/mol. The van der Waals surface area contributed by atoms with E-state index < -0.39 is 0 Å². The first-order valence-electron chi connectivity index (χ1n) is 4.52. The van der Waals surface area contributed by atoms with Crippen LogP contribution in [0.15, 0.2) is 0 Å². The van der Waals surface area contributed by atoms with Crippen LogP contribution in [-0.2, 0) is 0 Å². The van der Waals surface area contributed by atoms with Crippen LogP contribution in [0.2, 0.25) is 0 Å². The topological polar surface area (TPSA) is 0 Å². The summed E-state index contributed by atoms with van der Waals surface area (Å²) in [6, 6.07) is 0. The van der Waals surface area contributed by atoms with Crippen molar-refractivity contribution >= 4 is 0 Å². The van der Waals surface area contributed by atoms with Crippen molar-refractivity contribution in [2.45, 2.75) is 48.0 Å². The van der Waals surface area contributed by atoms with Gasteiger partial charge in [0.1, 0.15) is 0 Å². The lowest BCUT2D eigenvalue weighted by atomic mass is 9.65. The van der Waals surface area contributed by atoms with Crippen LogP contribution in [0.1, 0.15) is 48.0 Å². The highest BCUT2D eigenvalue weighted by molar-refractivity contribution is 4.88. The first-order chi connectivity index (χ1) is 4.67. The first kappa shape index (κ1) is 11.0. The van der Waals surface area contributed by atoms with Gasteiger partial charge in [-0.3, -0.25) is 0 Å². The molecule has 67 valence electrons. The van der Waals surface area contributed by atoms with E-state index in [0.717, 1.165) is 5.92 Å². The van der Waals surface area contributed by atoms with Crippen molar-refractivity contribution in [3.63, 3.8) is 0 Å². The van der Waals surface area contributed by atoms with Crippen molar-refractivity contribution in [2.24, 2.45) is 16.7 Å². The lowest BCUT2D eigenvalue weighted by Crippen LogP contribution is -2.31. The minimum atomic E-state index is 0.178. The second kappa shape index (κ2) is 3.16. The summed E-state index contributed by atoms with van der Waals surface area (Å²) in [5.74, 6) is 0.769. The van der Waals surface area contributed by atoms with Crippen molar-refractivity contribution in [3.8, 4) is 0 Å². The van der Waals surface area contributed by atoms with Gasteiger partial charge in [-0.1, -0.05) is 41.5 Å². The molecule has 0 aromatic carbocycles. The molecule has 0 amide bonds. The van der Waals surface area contributed by atoms with Gasteiger partial charge in [-0.05, 0) is 30.1 Å². The van der Waals surface area contributed by atoms with Crippen LogP contribution < -0.4 is 0 Å². The van der Waals surface area contributed by atoms with Crippen LogP contribution in [0.25, 0.3) is 0 Å². The molecule has 0 rings (SSSR count). The van der Waals surface area contributed by atoms with Crippen molar-refractivity contribution in [2.75, 3.05) is 0 Å². The molecule has 0 unspecified atom stereocenters. The molecule has 0 aliphatic carbocycles. The quantitative estimate of drug-likeness (QED) is 0.579. The molecule has 0 aromatic heterocycles. The predicted octanol–water partition coefficient (Wildman–Crippen LogP) is 3.92. The molecule has 0 aliphatic rings. The van der Waals surface area contributed by atoms with E-state index in [1.807, 2.05) is 0 Å². The Morgan fingerprint density at radius 1 is 1.09 bits per heavy atom. The highest BCUT2D eigenvalue weighted by Gasteiger charge is 2.32. The maximum absolute atomic E-state index is 4.20. The van der Waals surface area contributed by atoms with Crippen LogP contribution in [0.4, 0.5) is 0 Å². The average Bonchev–Trinajstić information content (AvgIpc) is 1.56. The molecule has 0 saturated heterocycles. The Hall–Kier alpha value is 0. The first-order valence-corrected chi connectivity index (χ1v) is 4.52. The van der Waals surface area contributed by atoms with Gasteiger partial charge in [0.15, 0.2) is 0 Å². The van der Waals surface area contributed by atoms with E-state index in [1.165, 1.54) is 6.42 Å². The summed E-state index contributed by atoms with van der Waals surface area (Å²) in [5.41, 5.74) is 0.526. The number of hydrogen-bond acceptors (Lipinski definition) is 0. The van der Waals surface area contributed by atoms with Crippen LogP contribution in [0, 0.1) is 23.7 Å². The highest BCUT2D eigenvalue weighted by Crippen LogP contribution is 2.42. The molecule has 0 saturated carbocycles. The van der Waals surface area contributed by atoms with Gasteiger partial charge in [-0.15, -0.1) is 0 Å². The second-order valence-corrected chi connectivity index (χ2v) is 5.37. The maximum Gasteiger partial charge on any atom is -0.0300 e. The smallest absolute Gasteiger partial charge is 0.0300 e. The molecular weight excluding hydrogens is 132 g/mol.